The number of aromatic nitrogens is 2. The highest BCUT2D eigenvalue weighted by molar-refractivity contribution is 5.90. The SMILES string of the molecule is C=C(/N=C\C=C/N)c1ccn2c(-c3cccc(NC(=O)NC4CC4)c3)cnc2c1. The summed E-state index contributed by atoms with van der Waals surface area (Å²) in [7, 11) is 0. The van der Waals surface area contributed by atoms with E-state index in [0.29, 0.717) is 11.7 Å². The van der Waals surface area contributed by atoms with Crippen molar-refractivity contribution < 1.29 is 4.79 Å². The number of nitrogens with two attached hydrogens (primary N) is 1. The zero-order valence-corrected chi connectivity index (χ0v) is 15.9. The van der Waals surface area contributed by atoms with Crippen LogP contribution in [0.2, 0.25) is 0 Å². The lowest BCUT2D eigenvalue weighted by Crippen LogP contribution is -2.30. The summed E-state index contributed by atoms with van der Waals surface area (Å²) in [6.45, 7) is 3.98. The van der Waals surface area contributed by atoms with Gasteiger partial charge >= 0.3 is 6.03 Å². The van der Waals surface area contributed by atoms with Gasteiger partial charge in [0.25, 0.3) is 0 Å². The van der Waals surface area contributed by atoms with Crippen molar-refractivity contribution in [2.24, 2.45) is 10.7 Å². The number of aliphatic imine (C=N–C) groups is 1. The van der Waals surface area contributed by atoms with E-state index in [0.717, 1.165) is 41.0 Å². The van der Waals surface area contributed by atoms with Crippen molar-refractivity contribution in [2.75, 3.05) is 5.32 Å². The minimum atomic E-state index is -0.170. The van der Waals surface area contributed by atoms with Crippen molar-refractivity contribution in [1.82, 2.24) is 14.7 Å². The Morgan fingerprint density at radius 1 is 1.31 bits per heavy atom. The monoisotopic (exact) mass is 386 g/mol. The summed E-state index contributed by atoms with van der Waals surface area (Å²) in [5, 5.41) is 5.81. The summed E-state index contributed by atoms with van der Waals surface area (Å²) >= 11 is 0. The van der Waals surface area contributed by atoms with Crippen molar-refractivity contribution in [3.05, 3.63) is 73.2 Å². The smallest absolute Gasteiger partial charge is 0.319 e. The molecule has 4 N–H and O–H groups in total. The third-order valence-corrected chi connectivity index (χ3v) is 4.60. The number of anilines is 1. The van der Waals surface area contributed by atoms with Crippen LogP contribution in [-0.4, -0.2) is 27.7 Å². The fourth-order valence-corrected chi connectivity index (χ4v) is 2.97. The van der Waals surface area contributed by atoms with Crippen LogP contribution in [-0.2, 0) is 0 Å². The number of carbonyl (C=O) groups is 1. The Morgan fingerprint density at radius 3 is 2.97 bits per heavy atom. The van der Waals surface area contributed by atoms with Gasteiger partial charge in [-0.1, -0.05) is 18.7 Å². The number of pyridine rings is 1. The average Bonchev–Trinajstić information content (AvgIpc) is 3.42. The summed E-state index contributed by atoms with van der Waals surface area (Å²) in [6, 6.07) is 11.7. The molecule has 7 heteroatoms. The Balaban J connectivity index is 1.57. The summed E-state index contributed by atoms with van der Waals surface area (Å²) < 4.78 is 1.99. The van der Waals surface area contributed by atoms with E-state index in [9.17, 15) is 4.79 Å². The number of hydrogen-bond acceptors (Lipinski definition) is 4. The third-order valence-electron chi connectivity index (χ3n) is 4.60. The molecule has 29 heavy (non-hydrogen) atoms. The van der Waals surface area contributed by atoms with Crippen LogP contribution >= 0.6 is 0 Å². The Labute approximate surface area is 168 Å². The van der Waals surface area contributed by atoms with E-state index in [2.05, 4.69) is 27.2 Å². The maximum Gasteiger partial charge on any atom is 0.319 e. The van der Waals surface area contributed by atoms with Crippen LogP contribution in [0.25, 0.3) is 22.6 Å². The molecule has 0 radical (unpaired) electrons. The first-order chi connectivity index (χ1) is 14.1. The summed E-state index contributed by atoms with van der Waals surface area (Å²) in [5.74, 6) is 0. The minimum Gasteiger partial charge on any atom is -0.405 e. The van der Waals surface area contributed by atoms with Gasteiger partial charge in [-0.25, -0.2) is 9.78 Å². The second kappa shape index (κ2) is 8.02. The number of amides is 2. The zero-order valence-electron chi connectivity index (χ0n) is 15.9. The van der Waals surface area contributed by atoms with E-state index < -0.39 is 0 Å². The molecular weight excluding hydrogens is 364 g/mol. The molecule has 1 fully saturated rings. The number of carbonyl (C=O) groups excluding carboxylic acids is 1. The number of hydrogen-bond donors (Lipinski definition) is 3. The molecule has 1 aromatic carbocycles. The largest absolute Gasteiger partial charge is 0.405 e. The highest BCUT2D eigenvalue weighted by Crippen LogP contribution is 2.26. The highest BCUT2D eigenvalue weighted by Gasteiger charge is 2.23. The van der Waals surface area contributed by atoms with Crippen LogP contribution in [0.15, 0.2) is 72.6 Å². The van der Waals surface area contributed by atoms with Crippen LogP contribution in [0.5, 0.6) is 0 Å². The molecule has 0 aliphatic heterocycles. The molecule has 1 saturated carbocycles. The van der Waals surface area contributed by atoms with Crippen molar-refractivity contribution in [1.29, 1.82) is 0 Å². The predicted molar refractivity (Wildman–Crippen MR) is 117 cm³/mol. The summed E-state index contributed by atoms with van der Waals surface area (Å²) in [5.41, 5.74) is 10.2. The first-order valence-electron chi connectivity index (χ1n) is 9.39. The van der Waals surface area contributed by atoms with Crippen molar-refractivity contribution >= 4 is 29.3 Å². The Morgan fingerprint density at radius 2 is 2.17 bits per heavy atom. The molecule has 0 bridgehead atoms. The van der Waals surface area contributed by atoms with E-state index in [1.54, 1.807) is 12.3 Å². The number of imidazole rings is 1. The van der Waals surface area contributed by atoms with Crippen molar-refractivity contribution in [3.63, 3.8) is 0 Å². The standard InChI is InChI=1S/C22H22N6O/c1-15(24-10-3-9-23)16-8-11-28-20(14-25-21(28)13-16)17-4-2-5-19(12-17)27-22(29)26-18-6-7-18/h2-5,8-14,18H,1,6-7,23H2,(H2,26,27,29)/b9-3-,24-10-. The van der Waals surface area contributed by atoms with E-state index in [4.69, 9.17) is 5.73 Å². The van der Waals surface area contributed by atoms with E-state index >= 15 is 0 Å². The van der Waals surface area contributed by atoms with Gasteiger partial charge in [-0.3, -0.25) is 9.39 Å². The molecule has 7 nitrogen and oxygen atoms in total. The van der Waals surface area contributed by atoms with Gasteiger partial charge in [-0.2, -0.15) is 0 Å². The molecule has 0 atom stereocenters. The number of allylic oxidation sites excluding steroid dienone is 1. The van der Waals surface area contributed by atoms with E-state index in [-0.39, 0.29) is 6.03 Å². The second-order valence-corrected chi connectivity index (χ2v) is 6.85. The second-order valence-electron chi connectivity index (χ2n) is 6.85. The maximum absolute atomic E-state index is 12.0. The van der Waals surface area contributed by atoms with Crippen LogP contribution in [0.1, 0.15) is 18.4 Å². The van der Waals surface area contributed by atoms with Gasteiger partial charge in [0.15, 0.2) is 0 Å². The van der Waals surface area contributed by atoms with Gasteiger partial charge < -0.3 is 16.4 Å². The third kappa shape index (κ3) is 4.35. The van der Waals surface area contributed by atoms with Crippen LogP contribution < -0.4 is 16.4 Å². The molecule has 2 amide bonds. The molecule has 0 unspecified atom stereocenters. The van der Waals surface area contributed by atoms with Gasteiger partial charge in [0.05, 0.1) is 17.6 Å². The van der Waals surface area contributed by atoms with Gasteiger partial charge in [0, 0.05) is 35.3 Å². The molecule has 2 aromatic heterocycles. The number of rotatable bonds is 6. The molecular formula is C22H22N6O. The average molecular weight is 386 g/mol. The van der Waals surface area contributed by atoms with Gasteiger partial charge in [0.1, 0.15) is 5.65 Å². The normalized spacial score (nSPS) is 13.9. The topological polar surface area (TPSA) is 96.8 Å². The molecule has 146 valence electrons. The molecule has 3 aromatic rings. The molecule has 0 saturated heterocycles. The van der Waals surface area contributed by atoms with Crippen LogP contribution in [0, 0.1) is 0 Å². The van der Waals surface area contributed by atoms with Crippen LogP contribution in [0.3, 0.4) is 0 Å². The Kier molecular flexibility index (Phi) is 5.11. The fraction of sp³-hybridized carbons (Fsp3) is 0.136. The Hall–Kier alpha value is -3.87. The van der Waals surface area contributed by atoms with Crippen molar-refractivity contribution in [3.8, 4) is 11.3 Å². The predicted octanol–water partition coefficient (Wildman–Crippen LogP) is 3.80. The first-order valence-corrected chi connectivity index (χ1v) is 9.39. The lowest BCUT2D eigenvalue weighted by molar-refractivity contribution is 0.251. The van der Waals surface area contributed by atoms with E-state index in [1.165, 1.54) is 6.20 Å². The first kappa shape index (κ1) is 18.5. The van der Waals surface area contributed by atoms with Gasteiger partial charge in [0.2, 0.25) is 0 Å². The Bertz CT molecular complexity index is 1120. The van der Waals surface area contributed by atoms with Crippen LogP contribution in [0.4, 0.5) is 10.5 Å². The lowest BCUT2D eigenvalue weighted by atomic mass is 10.1. The number of benzene rings is 1. The zero-order chi connectivity index (χ0) is 20.2. The highest BCUT2D eigenvalue weighted by atomic mass is 16.2. The van der Waals surface area contributed by atoms with E-state index in [1.807, 2.05) is 53.2 Å². The number of nitrogens with zero attached hydrogens (tertiary/aromatic N) is 3. The summed E-state index contributed by atoms with van der Waals surface area (Å²) in [4.78, 5) is 20.8. The summed E-state index contributed by atoms with van der Waals surface area (Å²) in [6.07, 6.45) is 10.5. The lowest BCUT2D eigenvalue weighted by Gasteiger charge is -2.09. The molecule has 4 rings (SSSR count). The molecule has 2 heterocycles. The fourth-order valence-electron chi connectivity index (χ4n) is 2.97. The maximum atomic E-state index is 12.0. The van der Waals surface area contributed by atoms with Gasteiger partial charge in [-0.15, -0.1) is 0 Å². The minimum absolute atomic E-state index is 0.170. The van der Waals surface area contributed by atoms with Crippen molar-refractivity contribution in [2.45, 2.75) is 18.9 Å². The van der Waals surface area contributed by atoms with Gasteiger partial charge in [-0.05, 0) is 49.4 Å². The number of fused-ring (bicyclic) bond motifs is 1. The molecule has 0 spiro atoms. The number of urea groups is 1. The molecule has 1 aliphatic carbocycles. The quantitative estimate of drug-likeness (QED) is 0.562. The molecule has 1 aliphatic rings. The number of nitrogens with one attached hydrogen (secondary N) is 2.